The summed E-state index contributed by atoms with van der Waals surface area (Å²) in [6.07, 6.45) is 0. The van der Waals surface area contributed by atoms with Crippen molar-refractivity contribution in [1.29, 1.82) is 0 Å². The number of rotatable bonds is 3. The standard InChI is InChI=1S/C13H8BrClFNO2/c14-7-3-8(16)5-10(4-7)19-9-1-2-11(13(17)18)12(15)6-9/h1-6H,(H2,17,18). The first kappa shape index (κ1) is 13.8. The van der Waals surface area contributed by atoms with Crippen LogP contribution >= 0.6 is 27.5 Å². The van der Waals surface area contributed by atoms with Gasteiger partial charge in [0.15, 0.2) is 0 Å². The summed E-state index contributed by atoms with van der Waals surface area (Å²) in [5.41, 5.74) is 5.34. The van der Waals surface area contributed by atoms with Crippen molar-refractivity contribution in [2.75, 3.05) is 0 Å². The molecule has 0 fully saturated rings. The van der Waals surface area contributed by atoms with Gasteiger partial charge in [0, 0.05) is 16.6 Å². The zero-order valence-corrected chi connectivity index (χ0v) is 11.8. The van der Waals surface area contributed by atoms with E-state index in [4.69, 9.17) is 22.1 Å². The molecular formula is C13H8BrClFNO2. The highest BCUT2D eigenvalue weighted by Gasteiger charge is 2.08. The SMILES string of the molecule is NC(=O)c1ccc(Oc2cc(F)cc(Br)c2)cc1Cl. The molecule has 1 amide bonds. The van der Waals surface area contributed by atoms with Gasteiger partial charge in [0.1, 0.15) is 17.3 Å². The van der Waals surface area contributed by atoms with Crippen LogP contribution < -0.4 is 10.5 Å². The lowest BCUT2D eigenvalue weighted by molar-refractivity contribution is 0.100. The van der Waals surface area contributed by atoms with Crippen molar-refractivity contribution in [3.63, 3.8) is 0 Å². The highest BCUT2D eigenvalue weighted by molar-refractivity contribution is 9.10. The Morgan fingerprint density at radius 2 is 1.95 bits per heavy atom. The third kappa shape index (κ3) is 3.45. The van der Waals surface area contributed by atoms with Crippen LogP contribution in [-0.4, -0.2) is 5.91 Å². The monoisotopic (exact) mass is 343 g/mol. The molecule has 0 bridgehead atoms. The normalized spacial score (nSPS) is 10.3. The number of carbonyl (C=O) groups is 1. The van der Waals surface area contributed by atoms with Crippen LogP contribution in [0.25, 0.3) is 0 Å². The van der Waals surface area contributed by atoms with E-state index in [2.05, 4.69) is 15.9 Å². The molecule has 2 rings (SSSR count). The van der Waals surface area contributed by atoms with E-state index < -0.39 is 11.7 Å². The van der Waals surface area contributed by atoms with Crippen molar-refractivity contribution in [3.8, 4) is 11.5 Å². The molecule has 98 valence electrons. The predicted molar refractivity (Wildman–Crippen MR) is 74.1 cm³/mol. The number of primary amides is 1. The molecule has 0 saturated carbocycles. The summed E-state index contributed by atoms with van der Waals surface area (Å²) in [6.45, 7) is 0. The van der Waals surface area contributed by atoms with Crippen molar-refractivity contribution >= 4 is 33.4 Å². The molecule has 0 aliphatic rings. The molecular weight excluding hydrogens is 337 g/mol. The number of amides is 1. The third-order valence-electron chi connectivity index (χ3n) is 2.28. The van der Waals surface area contributed by atoms with Gasteiger partial charge in [-0.15, -0.1) is 0 Å². The number of nitrogens with two attached hydrogens (primary N) is 1. The Kier molecular flexibility index (Phi) is 4.07. The zero-order valence-electron chi connectivity index (χ0n) is 9.49. The molecule has 0 atom stereocenters. The molecule has 0 aromatic heterocycles. The van der Waals surface area contributed by atoms with Gasteiger partial charge in [-0.3, -0.25) is 4.79 Å². The molecule has 0 saturated heterocycles. The van der Waals surface area contributed by atoms with Gasteiger partial charge in [-0.1, -0.05) is 27.5 Å². The van der Waals surface area contributed by atoms with Gasteiger partial charge in [-0.2, -0.15) is 0 Å². The Labute approximate surface area is 122 Å². The molecule has 0 radical (unpaired) electrons. The van der Waals surface area contributed by atoms with Crippen LogP contribution in [0.5, 0.6) is 11.5 Å². The molecule has 0 aliphatic carbocycles. The second-order valence-corrected chi connectivity index (χ2v) is 5.04. The maximum absolute atomic E-state index is 13.2. The molecule has 0 heterocycles. The second kappa shape index (κ2) is 5.59. The number of carbonyl (C=O) groups excluding carboxylic acids is 1. The van der Waals surface area contributed by atoms with Gasteiger partial charge in [-0.05, 0) is 24.3 Å². The third-order valence-corrected chi connectivity index (χ3v) is 3.05. The van der Waals surface area contributed by atoms with Crippen molar-refractivity contribution in [1.82, 2.24) is 0 Å². The van der Waals surface area contributed by atoms with Gasteiger partial charge in [0.2, 0.25) is 5.91 Å². The molecule has 0 unspecified atom stereocenters. The molecule has 0 aliphatic heterocycles. The predicted octanol–water partition coefficient (Wildman–Crippen LogP) is 4.13. The van der Waals surface area contributed by atoms with E-state index in [0.717, 1.165) is 0 Å². The Morgan fingerprint density at radius 3 is 2.53 bits per heavy atom. The first-order valence-corrected chi connectivity index (χ1v) is 6.36. The van der Waals surface area contributed by atoms with Crippen LogP contribution in [0.2, 0.25) is 5.02 Å². The summed E-state index contributed by atoms with van der Waals surface area (Å²) in [4.78, 5) is 11.0. The zero-order chi connectivity index (χ0) is 14.0. The number of hydrogen-bond donors (Lipinski definition) is 1. The molecule has 2 N–H and O–H groups in total. The fraction of sp³-hybridized carbons (Fsp3) is 0. The van der Waals surface area contributed by atoms with Crippen LogP contribution in [0.1, 0.15) is 10.4 Å². The minimum Gasteiger partial charge on any atom is -0.457 e. The Balaban J connectivity index is 2.28. The lowest BCUT2D eigenvalue weighted by atomic mass is 10.2. The summed E-state index contributed by atoms with van der Waals surface area (Å²) in [5.74, 6) is -0.350. The van der Waals surface area contributed by atoms with Crippen LogP contribution in [0.15, 0.2) is 40.9 Å². The van der Waals surface area contributed by atoms with E-state index in [1.165, 1.54) is 30.3 Å². The number of hydrogen-bond acceptors (Lipinski definition) is 2. The fourth-order valence-electron chi connectivity index (χ4n) is 1.48. The van der Waals surface area contributed by atoms with Gasteiger partial charge in [0.05, 0.1) is 10.6 Å². The first-order valence-electron chi connectivity index (χ1n) is 5.19. The number of benzene rings is 2. The molecule has 19 heavy (non-hydrogen) atoms. The van der Waals surface area contributed by atoms with Crippen LogP contribution in [-0.2, 0) is 0 Å². The van der Waals surface area contributed by atoms with E-state index in [-0.39, 0.29) is 10.6 Å². The van der Waals surface area contributed by atoms with Crippen LogP contribution in [0, 0.1) is 5.82 Å². The highest BCUT2D eigenvalue weighted by atomic mass is 79.9. The minimum atomic E-state index is -0.620. The van der Waals surface area contributed by atoms with E-state index in [0.29, 0.717) is 16.0 Å². The number of ether oxygens (including phenoxy) is 1. The average molecular weight is 345 g/mol. The Bertz CT molecular complexity index is 628. The minimum absolute atomic E-state index is 0.181. The molecule has 2 aromatic rings. The second-order valence-electron chi connectivity index (χ2n) is 3.71. The average Bonchev–Trinajstić information content (AvgIpc) is 2.26. The summed E-state index contributed by atoms with van der Waals surface area (Å²) in [6, 6.07) is 8.59. The van der Waals surface area contributed by atoms with Crippen LogP contribution in [0.3, 0.4) is 0 Å². The van der Waals surface area contributed by atoms with Crippen molar-refractivity contribution in [3.05, 3.63) is 57.3 Å². The van der Waals surface area contributed by atoms with Gasteiger partial charge >= 0.3 is 0 Å². The summed E-state index contributed by atoms with van der Waals surface area (Å²) in [7, 11) is 0. The van der Waals surface area contributed by atoms with E-state index in [9.17, 15) is 9.18 Å². The lowest BCUT2D eigenvalue weighted by Gasteiger charge is -2.08. The van der Waals surface area contributed by atoms with Gasteiger partial charge < -0.3 is 10.5 Å². The fourth-order valence-corrected chi connectivity index (χ4v) is 2.19. The molecule has 6 heteroatoms. The Morgan fingerprint density at radius 1 is 1.21 bits per heavy atom. The van der Waals surface area contributed by atoms with E-state index in [1.54, 1.807) is 6.07 Å². The maximum Gasteiger partial charge on any atom is 0.250 e. The van der Waals surface area contributed by atoms with E-state index >= 15 is 0 Å². The lowest BCUT2D eigenvalue weighted by Crippen LogP contribution is -2.11. The van der Waals surface area contributed by atoms with Crippen molar-refractivity contribution in [2.45, 2.75) is 0 Å². The smallest absolute Gasteiger partial charge is 0.250 e. The van der Waals surface area contributed by atoms with E-state index in [1.807, 2.05) is 0 Å². The quantitative estimate of drug-likeness (QED) is 0.910. The van der Waals surface area contributed by atoms with Crippen LogP contribution in [0.4, 0.5) is 4.39 Å². The number of halogens is 3. The van der Waals surface area contributed by atoms with Gasteiger partial charge in [0.25, 0.3) is 0 Å². The summed E-state index contributed by atoms with van der Waals surface area (Å²) in [5, 5.41) is 0.181. The largest absolute Gasteiger partial charge is 0.457 e. The molecule has 2 aromatic carbocycles. The first-order chi connectivity index (χ1) is 8.95. The van der Waals surface area contributed by atoms with Crippen molar-refractivity contribution < 1.29 is 13.9 Å². The maximum atomic E-state index is 13.2. The molecule has 3 nitrogen and oxygen atoms in total. The highest BCUT2D eigenvalue weighted by Crippen LogP contribution is 2.29. The van der Waals surface area contributed by atoms with Crippen molar-refractivity contribution in [2.24, 2.45) is 5.73 Å². The Hall–Kier alpha value is -1.59. The molecule has 0 spiro atoms. The topological polar surface area (TPSA) is 52.3 Å². The summed E-state index contributed by atoms with van der Waals surface area (Å²) >= 11 is 9.05. The van der Waals surface area contributed by atoms with Gasteiger partial charge in [-0.25, -0.2) is 4.39 Å². The summed E-state index contributed by atoms with van der Waals surface area (Å²) < 4.78 is 19.2.